The van der Waals surface area contributed by atoms with Crippen molar-refractivity contribution in [3.8, 4) is 0 Å². The summed E-state index contributed by atoms with van der Waals surface area (Å²) < 4.78 is 5.57. The van der Waals surface area contributed by atoms with E-state index in [0.29, 0.717) is 6.61 Å². The number of hydrogen-bond donors (Lipinski definition) is 1. The molecule has 4 nitrogen and oxygen atoms in total. The van der Waals surface area contributed by atoms with Gasteiger partial charge in [-0.2, -0.15) is 0 Å². The van der Waals surface area contributed by atoms with E-state index in [-0.39, 0.29) is 24.9 Å². The van der Waals surface area contributed by atoms with Crippen molar-refractivity contribution in [2.45, 2.75) is 19.4 Å². The highest BCUT2D eigenvalue weighted by atomic mass is 35.5. The number of halogens is 1. The van der Waals surface area contributed by atoms with E-state index < -0.39 is 0 Å². The van der Waals surface area contributed by atoms with Crippen molar-refractivity contribution in [3.63, 3.8) is 0 Å². The zero-order valence-electron chi connectivity index (χ0n) is 12.9. The minimum Gasteiger partial charge on any atom is -0.367 e. The molecule has 1 N–H and O–H groups in total. The Balaban J connectivity index is 0.00000176. The molecule has 22 heavy (non-hydrogen) atoms. The third kappa shape index (κ3) is 4.45. The number of rotatable bonds is 4. The minimum absolute atomic E-state index is 0. The van der Waals surface area contributed by atoms with Gasteiger partial charge in [0.1, 0.15) is 6.61 Å². The van der Waals surface area contributed by atoms with Crippen LogP contribution in [0.5, 0.6) is 0 Å². The van der Waals surface area contributed by atoms with E-state index >= 15 is 0 Å². The van der Waals surface area contributed by atoms with E-state index in [1.807, 2.05) is 35.2 Å². The molecule has 0 bridgehead atoms. The van der Waals surface area contributed by atoms with Crippen molar-refractivity contribution >= 4 is 18.3 Å². The third-order valence-corrected chi connectivity index (χ3v) is 4.71. The van der Waals surface area contributed by atoms with Gasteiger partial charge in [-0.3, -0.25) is 4.79 Å². The highest BCUT2D eigenvalue weighted by molar-refractivity contribution is 5.85. The minimum atomic E-state index is 0. The molecule has 5 heteroatoms. The zero-order chi connectivity index (χ0) is 14.5. The monoisotopic (exact) mass is 324 g/mol. The molecular weight excluding hydrogens is 300 g/mol. The van der Waals surface area contributed by atoms with Crippen LogP contribution in [0, 0.1) is 11.8 Å². The Kier molecular flexibility index (Phi) is 6.68. The normalized spacial score (nSPS) is 24.3. The summed E-state index contributed by atoms with van der Waals surface area (Å²) in [5, 5.41) is 3.46. The molecule has 0 saturated carbocycles. The number of nitrogens with one attached hydrogen (secondary N) is 1. The predicted octanol–water partition coefficient (Wildman–Crippen LogP) is 2.08. The smallest absolute Gasteiger partial charge is 0.248 e. The molecule has 2 fully saturated rings. The number of carbonyl (C=O) groups is 1. The first-order valence-electron chi connectivity index (χ1n) is 7.93. The number of ether oxygens (including phenoxy) is 1. The molecular formula is C17H25ClN2O2. The first-order valence-corrected chi connectivity index (χ1v) is 7.93. The second-order valence-corrected chi connectivity index (χ2v) is 6.11. The lowest BCUT2D eigenvalue weighted by molar-refractivity contribution is -0.136. The van der Waals surface area contributed by atoms with Gasteiger partial charge >= 0.3 is 0 Å². The van der Waals surface area contributed by atoms with E-state index in [1.165, 1.54) is 0 Å². The SMILES string of the molecule is Cl.O=C(COCc1ccccc1)N1CC[C@@H]2CNC[C@@H]2CC1. The topological polar surface area (TPSA) is 41.6 Å². The van der Waals surface area contributed by atoms with E-state index in [0.717, 1.165) is 56.4 Å². The van der Waals surface area contributed by atoms with Gasteiger partial charge in [-0.25, -0.2) is 0 Å². The van der Waals surface area contributed by atoms with Crippen LogP contribution in [0.2, 0.25) is 0 Å². The van der Waals surface area contributed by atoms with Gasteiger partial charge in [-0.05, 0) is 43.3 Å². The van der Waals surface area contributed by atoms with Crippen LogP contribution < -0.4 is 5.32 Å². The standard InChI is InChI=1S/C17H24N2O2.ClH/c20-17(13-21-12-14-4-2-1-3-5-14)19-8-6-15-10-18-11-16(15)7-9-19;/h1-5,15-16,18H,6-13H2;1H/t15-,16+;. The van der Waals surface area contributed by atoms with Crippen molar-refractivity contribution in [1.29, 1.82) is 0 Å². The van der Waals surface area contributed by atoms with E-state index in [9.17, 15) is 4.79 Å². The molecule has 2 aliphatic heterocycles. The number of benzene rings is 1. The maximum absolute atomic E-state index is 12.2. The Labute approximate surface area is 138 Å². The number of nitrogens with zero attached hydrogens (tertiary/aromatic N) is 1. The fraction of sp³-hybridized carbons (Fsp3) is 0.588. The van der Waals surface area contributed by atoms with Crippen LogP contribution in [-0.2, 0) is 16.1 Å². The Morgan fingerprint density at radius 2 is 1.77 bits per heavy atom. The summed E-state index contributed by atoms with van der Waals surface area (Å²) in [6.45, 7) is 4.72. The molecule has 0 aromatic heterocycles. The van der Waals surface area contributed by atoms with E-state index in [4.69, 9.17) is 4.74 Å². The second-order valence-electron chi connectivity index (χ2n) is 6.11. The Bertz CT molecular complexity index is 455. The number of amides is 1. The quantitative estimate of drug-likeness (QED) is 0.922. The number of fused-ring (bicyclic) bond motifs is 1. The lowest BCUT2D eigenvalue weighted by Gasteiger charge is -2.20. The van der Waals surface area contributed by atoms with Gasteiger partial charge in [0.2, 0.25) is 5.91 Å². The van der Waals surface area contributed by atoms with Gasteiger partial charge in [-0.15, -0.1) is 12.4 Å². The Morgan fingerprint density at radius 3 is 2.41 bits per heavy atom. The fourth-order valence-electron chi connectivity index (χ4n) is 3.39. The van der Waals surface area contributed by atoms with Gasteiger partial charge in [0.15, 0.2) is 0 Å². The summed E-state index contributed by atoms with van der Waals surface area (Å²) in [5.41, 5.74) is 1.11. The predicted molar refractivity (Wildman–Crippen MR) is 89.0 cm³/mol. The lowest BCUT2D eigenvalue weighted by Crippen LogP contribution is -2.35. The summed E-state index contributed by atoms with van der Waals surface area (Å²) in [6.07, 6.45) is 2.25. The van der Waals surface area contributed by atoms with Crippen molar-refractivity contribution < 1.29 is 9.53 Å². The number of likely N-dealkylation sites (tertiary alicyclic amines) is 1. The van der Waals surface area contributed by atoms with Crippen molar-refractivity contribution in [2.24, 2.45) is 11.8 Å². The Hall–Kier alpha value is -1.10. The van der Waals surface area contributed by atoms with Crippen LogP contribution in [-0.4, -0.2) is 43.6 Å². The molecule has 2 saturated heterocycles. The largest absolute Gasteiger partial charge is 0.367 e. The maximum Gasteiger partial charge on any atom is 0.248 e. The van der Waals surface area contributed by atoms with Crippen molar-refractivity contribution in [2.75, 3.05) is 32.8 Å². The first-order chi connectivity index (χ1) is 10.3. The molecule has 2 atom stereocenters. The first kappa shape index (κ1) is 17.3. The van der Waals surface area contributed by atoms with Gasteiger partial charge in [0, 0.05) is 13.1 Å². The molecule has 1 aromatic carbocycles. The van der Waals surface area contributed by atoms with Crippen LogP contribution in [0.4, 0.5) is 0 Å². The summed E-state index contributed by atoms with van der Waals surface area (Å²) in [6, 6.07) is 10.00. The lowest BCUT2D eigenvalue weighted by atomic mass is 9.92. The zero-order valence-corrected chi connectivity index (χ0v) is 13.7. The van der Waals surface area contributed by atoms with E-state index in [1.54, 1.807) is 0 Å². The molecule has 1 amide bonds. The highest BCUT2D eigenvalue weighted by Gasteiger charge is 2.31. The molecule has 0 aliphatic carbocycles. The van der Waals surface area contributed by atoms with Gasteiger partial charge in [-0.1, -0.05) is 30.3 Å². The van der Waals surface area contributed by atoms with E-state index in [2.05, 4.69) is 5.32 Å². The summed E-state index contributed by atoms with van der Waals surface area (Å²) in [5.74, 6) is 1.65. The Morgan fingerprint density at radius 1 is 1.14 bits per heavy atom. The average molecular weight is 325 g/mol. The molecule has 0 spiro atoms. The molecule has 0 radical (unpaired) electrons. The second kappa shape index (κ2) is 8.51. The van der Waals surface area contributed by atoms with Crippen molar-refractivity contribution in [1.82, 2.24) is 10.2 Å². The van der Waals surface area contributed by atoms with Crippen LogP contribution in [0.25, 0.3) is 0 Å². The van der Waals surface area contributed by atoms with Crippen molar-refractivity contribution in [3.05, 3.63) is 35.9 Å². The molecule has 122 valence electrons. The van der Waals surface area contributed by atoms with Crippen LogP contribution in [0.1, 0.15) is 18.4 Å². The fourth-order valence-corrected chi connectivity index (χ4v) is 3.39. The molecule has 3 rings (SSSR count). The maximum atomic E-state index is 12.2. The summed E-state index contributed by atoms with van der Waals surface area (Å²) in [4.78, 5) is 14.2. The van der Waals surface area contributed by atoms with Crippen LogP contribution in [0.3, 0.4) is 0 Å². The van der Waals surface area contributed by atoms with Crippen LogP contribution >= 0.6 is 12.4 Å². The molecule has 0 unspecified atom stereocenters. The highest BCUT2D eigenvalue weighted by Crippen LogP contribution is 2.27. The number of hydrogen-bond acceptors (Lipinski definition) is 3. The molecule has 1 aromatic rings. The van der Waals surface area contributed by atoms with Crippen LogP contribution in [0.15, 0.2) is 30.3 Å². The average Bonchev–Trinajstić information content (AvgIpc) is 2.87. The third-order valence-electron chi connectivity index (χ3n) is 4.71. The van der Waals surface area contributed by atoms with Gasteiger partial charge in [0.25, 0.3) is 0 Å². The molecule has 2 aliphatic rings. The summed E-state index contributed by atoms with van der Waals surface area (Å²) >= 11 is 0. The van der Waals surface area contributed by atoms with Gasteiger partial charge in [0.05, 0.1) is 6.61 Å². The summed E-state index contributed by atoms with van der Waals surface area (Å²) in [7, 11) is 0. The molecule has 2 heterocycles. The number of carbonyl (C=O) groups excluding carboxylic acids is 1. The van der Waals surface area contributed by atoms with Gasteiger partial charge < -0.3 is 15.0 Å².